The summed E-state index contributed by atoms with van der Waals surface area (Å²) in [6.45, 7) is 2.46. The second kappa shape index (κ2) is 10.5. The summed E-state index contributed by atoms with van der Waals surface area (Å²) >= 11 is 12.1. The number of nitrogens with zero attached hydrogens (tertiary/aromatic N) is 3. The highest BCUT2D eigenvalue weighted by Crippen LogP contribution is 2.39. The second-order valence-electron chi connectivity index (χ2n) is 8.72. The lowest BCUT2D eigenvalue weighted by Crippen LogP contribution is -2.33. The van der Waals surface area contributed by atoms with Crippen molar-refractivity contribution in [3.05, 3.63) is 113 Å². The Kier molecular flexibility index (Phi) is 7.02. The van der Waals surface area contributed by atoms with Crippen LogP contribution in [0.15, 0.2) is 91.3 Å². The number of hydrogen-bond donors (Lipinski definition) is 2. The highest BCUT2D eigenvalue weighted by Gasteiger charge is 2.41. The molecule has 1 fully saturated rings. The van der Waals surface area contributed by atoms with Crippen LogP contribution >= 0.6 is 23.8 Å². The number of amides is 1. The summed E-state index contributed by atoms with van der Waals surface area (Å²) in [5, 5.41) is 7.75. The van der Waals surface area contributed by atoms with Crippen molar-refractivity contribution in [1.29, 1.82) is 0 Å². The van der Waals surface area contributed by atoms with E-state index in [0.717, 1.165) is 33.3 Å². The van der Waals surface area contributed by atoms with Crippen LogP contribution in [-0.2, 0) is 4.79 Å². The molecule has 4 aromatic rings. The van der Waals surface area contributed by atoms with Gasteiger partial charge < -0.3 is 20.1 Å². The maximum Gasteiger partial charge on any atom is 0.226 e. The molecule has 182 valence electrons. The average Bonchev–Trinajstić information content (AvgIpc) is 3.50. The predicted molar refractivity (Wildman–Crippen MR) is 147 cm³/mol. The number of rotatable bonds is 7. The van der Waals surface area contributed by atoms with Gasteiger partial charge in [-0.15, -0.1) is 0 Å². The zero-order valence-corrected chi connectivity index (χ0v) is 21.3. The van der Waals surface area contributed by atoms with Crippen LogP contribution in [0.3, 0.4) is 0 Å². The Morgan fingerprint density at radius 1 is 1.08 bits per heavy atom. The molecule has 2 aromatic carbocycles. The normalized spacial score (nSPS) is 17.2. The predicted octanol–water partition coefficient (Wildman–Crippen LogP) is 5.84. The molecule has 0 spiro atoms. The van der Waals surface area contributed by atoms with Gasteiger partial charge >= 0.3 is 0 Å². The molecule has 1 saturated heterocycles. The SMILES string of the molecule is Cc1cc(-n2cccc2C2C(c3ccccn3)NC(=S)N2CCC(=O)Nc2ccccc2)ccc1Cl. The molecule has 0 saturated carbocycles. The molecule has 8 heteroatoms. The van der Waals surface area contributed by atoms with Gasteiger partial charge in [-0.2, -0.15) is 0 Å². The molecule has 1 aliphatic rings. The van der Waals surface area contributed by atoms with Crippen LogP contribution in [-0.4, -0.2) is 32.0 Å². The number of thiocarbonyl (C=S) groups is 1. The Labute approximate surface area is 220 Å². The summed E-state index contributed by atoms with van der Waals surface area (Å²) in [6.07, 6.45) is 4.12. The smallest absolute Gasteiger partial charge is 0.226 e. The van der Waals surface area contributed by atoms with Crippen molar-refractivity contribution in [2.45, 2.75) is 25.4 Å². The number of nitrogens with one attached hydrogen (secondary N) is 2. The number of anilines is 1. The summed E-state index contributed by atoms with van der Waals surface area (Å²) in [7, 11) is 0. The van der Waals surface area contributed by atoms with E-state index in [0.29, 0.717) is 18.1 Å². The molecule has 2 unspecified atom stereocenters. The molecule has 3 heterocycles. The molecule has 6 nitrogen and oxygen atoms in total. The number of halogens is 1. The van der Waals surface area contributed by atoms with E-state index < -0.39 is 0 Å². The minimum absolute atomic E-state index is 0.0623. The van der Waals surface area contributed by atoms with E-state index in [1.54, 1.807) is 6.20 Å². The topological polar surface area (TPSA) is 62.2 Å². The van der Waals surface area contributed by atoms with E-state index in [2.05, 4.69) is 37.2 Å². The summed E-state index contributed by atoms with van der Waals surface area (Å²) < 4.78 is 2.15. The minimum atomic E-state index is -0.169. The van der Waals surface area contributed by atoms with Crippen LogP contribution in [0, 0.1) is 6.92 Å². The van der Waals surface area contributed by atoms with Gasteiger partial charge in [0.05, 0.1) is 17.8 Å². The molecular formula is C28H26ClN5OS. The average molecular weight is 516 g/mol. The molecule has 36 heavy (non-hydrogen) atoms. The monoisotopic (exact) mass is 515 g/mol. The fourth-order valence-electron chi connectivity index (χ4n) is 4.58. The van der Waals surface area contributed by atoms with Crippen molar-refractivity contribution in [1.82, 2.24) is 19.8 Å². The van der Waals surface area contributed by atoms with E-state index in [1.165, 1.54) is 0 Å². The first-order chi connectivity index (χ1) is 17.5. The van der Waals surface area contributed by atoms with Crippen molar-refractivity contribution in [2.75, 3.05) is 11.9 Å². The molecule has 2 atom stereocenters. The first-order valence-corrected chi connectivity index (χ1v) is 12.6. The Balaban J connectivity index is 1.46. The largest absolute Gasteiger partial charge is 0.352 e. The number of aryl methyl sites for hydroxylation is 1. The van der Waals surface area contributed by atoms with Crippen molar-refractivity contribution in [3.63, 3.8) is 0 Å². The number of carbonyl (C=O) groups excluding carboxylic acids is 1. The summed E-state index contributed by atoms with van der Waals surface area (Å²) in [4.78, 5) is 19.5. The minimum Gasteiger partial charge on any atom is -0.352 e. The highest BCUT2D eigenvalue weighted by molar-refractivity contribution is 7.80. The van der Waals surface area contributed by atoms with E-state index in [1.807, 2.05) is 79.9 Å². The molecule has 1 aliphatic heterocycles. The highest BCUT2D eigenvalue weighted by atomic mass is 35.5. The number of carbonyl (C=O) groups is 1. The standard InChI is InChI=1S/C28H26ClN5OS/c1-19-18-21(12-13-22(19)29)33-16-7-11-24(33)27-26(23-10-5-6-15-30-23)32-28(36)34(27)17-14-25(35)31-20-8-3-2-4-9-20/h2-13,15-16,18,26-27H,14,17H2,1H3,(H,31,35)(H,32,36). The maximum absolute atomic E-state index is 12.7. The Bertz CT molecular complexity index is 1380. The van der Waals surface area contributed by atoms with Gasteiger partial charge in [-0.05, 0) is 79.3 Å². The quantitative estimate of drug-likeness (QED) is 0.303. The zero-order chi connectivity index (χ0) is 25.1. The van der Waals surface area contributed by atoms with Gasteiger partial charge in [0, 0.05) is 47.5 Å². The van der Waals surface area contributed by atoms with E-state index >= 15 is 0 Å². The van der Waals surface area contributed by atoms with Crippen molar-refractivity contribution >= 4 is 40.5 Å². The third-order valence-corrected chi connectivity index (χ3v) is 7.11. The Hall–Kier alpha value is -3.68. The van der Waals surface area contributed by atoms with Gasteiger partial charge in [-0.25, -0.2) is 0 Å². The van der Waals surface area contributed by atoms with E-state index in [9.17, 15) is 4.79 Å². The fraction of sp³-hybridized carbons (Fsp3) is 0.179. The van der Waals surface area contributed by atoms with Crippen molar-refractivity contribution in [2.24, 2.45) is 0 Å². The zero-order valence-electron chi connectivity index (χ0n) is 19.8. The molecule has 0 radical (unpaired) electrons. The number of aromatic nitrogens is 2. The lowest BCUT2D eigenvalue weighted by molar-refractivity contribution is -0.116. The third-order valence-electron chi connectivity index (χ3n) is 6.34. The maximum atomic E-state index is 12.7. The molecule has 5 rings (SSSR count). The van der Waals surface area contributed by atoms with Gasteiger partial charge in [0.2, 0.25) is 5.91 Å². The summed E-state index contributed by atoms with van der Waals surface area (Å²) in [5.41, 5.74) is 4.73. The van der Waals surface area contributed by atoms with Gasteiger partial charge in [-0.3, -0.25) is 9.78 Å². The number of hydrogen-bond acceptors (Lipinski definition) is 3. The summed E-state index contributed by atoms with van der Waals surface area (Å²) in [6, 6.07) is 25.1. The number of pyridine rings is 1. The molecule has 2 N–H and O–H groups in total. The number of benzene rings is 2. The fourth-order valence-corrected chi connectivity index (χ4v) is 5.03. The molecular weight excluding hydrogens is 490 g/mol. The van der Waals surface area contributed by atoms with Crippen molar-refractivity contribution < 1.29 is 4.79 Å². The van der Waals surface area contributed by atoms with E-state index in [-0.39, 0.29) is 18.0 Å². The van der Waals surface area contributed by atoms with Crippen LogP contribution in [0.2, 0.25) is 5.02 Å². The van der Waals surface area contributed by atoms with Crippen LogP contribution < -0.4 is 10.6 Å². The molecule has 0 bridgehead atoms. The van der Waals surface area contributed by atoms with Gasteiger partial charge in [-0.1, -0.05) is 35.9 Å². The van der Waals surface area contributed by atoms with Gasteiger partial charge in [0.25, 0.3) is 0 Å². The third kappa shape index (κ3) is 4.98. The first-order valence-electron chi connectivity index (χ1n) is 11.8. The van der Waals surface area contributed by atoms with Gasteiger partial charge in [0.1, 0.15) is 0 Å². The number of para-hydroxylation sites is 1. The first kappa shape index (κ1) is 24.0. The van der Waals surface area contributed by atoms with Gasteiger partial charge in [0.15, 0.2) is 5.11 Å². The second-order valence-corrected chi connectivity index (χ2v) is 9.51. The van der Waals surface area contributed by atoms with Crippen molar-refractivity contribution in [3.8, 4) is 5.69 Å². The van der Waals surface area contributed by atoms with Crippen LogP contribution in [0.5, 0.6) is 0 Å². The van der Waals surface area contributed by atoms with Crippen LogP contribution in [0.25, 0.3) is 5.69 Å². The Morgan fingerprint density at radius 3 is 2.64 bits per heavy atom. The van der Waals surface area contributed by atoms with Crippen LogP contribution in [0.1, 0.15) is 35.5 Å². The lowest BCUT2D eigenvalue weighted by atomic mass is 10.0. The Morgan fingerprint density at radius 2 is 1.89 bits per heavy atom. The molecule has 2 aromatic heterocycles. The van der Waals surface area contributed by atoms with Crippen LogP contribution in [0.4, 0.5) is 5.69 Å². The molecule has 0 aliphatic carbocycles. The summed E-state index contributed by atoms with van der Waals surface area (Å²) in [5.74, 6) is -0.0623. The molecule has 1 amide bonds. The van der Waals surface area contributed by atoms with E-state index in [4.69, 9.17) is 23.8 Å². The lowest BCUT2D eigenvalue weighted by Gasteiger charge is -2.29.